The van der Waals surface area contributed by atoms with Crippen LogP contribution in [0.4, 0.5) is 5.69 Å². The van der Waals surface area contributed by atoms with E-state index in [4.69, 9.17) is 0 Å². The average Bonchev–Trinajstić information content (AvgIpc) is 3.57. The molecule has 1 heteroatoms. The van der Waals surface area contributed by atoms with Crippen LogP contribution in [0.5, 0.6) is 0 Å². The number of fused-ring (bicyclic) bond motifs is 9. The zero-order valence-electron chi connectivity index (χ0n) is 30.1. The largest absolute Gasteiger partial charge is 0.337 e. The first-order valence-electron chi connectivity index (χ1n) is 19.8. The molecule has 0 N–H and O–H groups in total. The van der Waals surface area contributed by atoms with Crippen LogP contribution >= 0.6 is 0 Å². The molecule has 1 aliphatic heterocycles. The van der Waals surface area contributed by atoms with E-state index in [9.17, 15) is 0 Å². The minimum atomic E-state index is 0.254. The number of rotatable bonds is 4. The van der Waals surface area contributed by atoms with Crippen LogP contribution in [-0.4, -0.2) is 6.04 Å². The third-order valence-electron chi connectivity index (χ3n) is 12.9. The number of anilines is 1. The van der Waals surface area contributed by atoms with Gasteiger partial charge in [0.05, 0.1) is 6.04 Å². The predicted molar refractivity (Wildman–Crippen MR) is 222 cm³/mol. The van der Waals surface area contributed by atoms with Crippen molar-refractivity contribution in [3.63, 3.8) is 0 Å². The fourth-order valence-corrected chi connectivity index (χ4v) is 10.5. The number of allylic oxidation sites excluding steroid dienone is 7. The van der Waals surface area contributed by atoms with Crippen LogP contribution in [0, 0.1) is 5.92 Å². The van der Waals surface area contributed by atoms with Gasteiger partial charge in [0.15, 0.2) is 0 Å². The highest BCUT2D eigenvalue weighted by Gasteiger charge is 2.49. The van der Waals surface area contributed by atoms with Gasteiger partial charge in [-0.25, -0.2) is 0 Å². The third kappa shape index (κ3) is 4.97. The molecule has 5 aliphatic carbocycles. The van der Waals surface area contributed by atoms with Gasteiger partial charge in [0, 0.05) is 34.4 Å². The highest BCUT2D eigenvalue weighted by Crippen LogP contribution is 2.58. The summed E-state index contributed by atoms with van der Waals surface area (Å²) >= 11 is 0. The lowest BCUT2D eigenvalue weighted by Crippen LogP contribution is -2.44. The Morgan fingerprint density at radius 3 is 2.30 bits per heavy atom. The molecule has 1 nitrogen and oxygen atoms in total. The molecule has 0 bridgehead atoms. The molecule has 0 spiro atoms. The van der Waals surface area contributed by atoms with E-state index in [2.05, 4.69) is 169 Å². The molecule has 11 rings (SSSR count). The second kappa shape index (κ2) is 12.5. The van der Waals surface area contributed by atoms with Crippen molar-refractivity contribution >= 4 is 28.6 Å². The second-order valence-electron chi connectivity index (χ2n) is 15.6. The van der Waals surface area contributed by atoms with Gasteiger partial charge < -0.3 is 4.90 Å². The molecular formula is C52H43N. The van der Waals surface area contributed by atoms with E-state index in [0.717, 1.165) is 38.5 Å². The molecule has 5 aromatic rings. The molecule has 5 aromatic carbocycles. The zero-order chi connectivity index (χ0) is 34.9. The maximum Gasteiger partial charge on any atom is 0.0595 e. The topological polar surface area (TPSA) is 3.24 Å². The van der Waals surface area contributed by atoms with Gasteiger partial charge in [-0.3, -0.25) is 0 Å². The number of hydrogen-bond donors (Lipinski definition) is 0. The molecule has 0 fully saturated rings. The van der Waals surface area contributed by atoms with Crippen molar-refractivity contribution in [2.24, 2.45) is 5.92 Å². The van der Waals surface area contributed by atoms with E-state index in [1.165, 1.54) is 83.0 Å². The average molecular weight is 682 g/mol. The first kappa shape index (κ1) is 30.9. The zero-order valence-corrected chi connectivity index (χ0v) is 30.1. The van der Waals surface area contributed by atoms with Crippen LogP contribution in [0.2, 0.25) is 0 Å². The summed E-state index contributed by atoms with van der Waals surface area (Å²) in [6.07, 6.45) is 26.2. The Morgan fingerprint density at radius 2 is 1.40 bits per heavy atom. The maximum atomic E-state index is 2.75. The summed E-state index contributed by atoms with van der Waals surface area (Å²) in [5.41, 5.74) is 18.3. The van der Waals surface area contributed by atoms with E-state index in [0.29, 0.717) is 17.8 Å². The van der Waals surface area contributed by atoms with Crippen molar-refractivity contribution in [1.82, 2.24) is 0 Å². The van der Waals surface area contributed by atoms with E-state index in [1.54, 1.807) is 0 Å². The fourth-order valence-electron chi connectivity index (χ4n) is 10.5. The summed E-state index contributed by atoms with van der Waals surface area (Å²) in [5.74, 6) is 0.970. The number of benzene rings is 5. The van der Waals surface area contributed by atoms with Crippen molar-refractivity contribution in [3.8, 4) is 11.1 Å². The van der Waals surface area contributed by atoms with Crippen molar-refractivity contribution < 1.29 is 0 Å². The van der Waals surface area contributed by atoms with Crippen LogP contribution in [0.3, 0.4) is 0 Å². The molecule has 0 saturated heterocycles. The molecule has 4 atom stereocenters. The van der Waals surface area contributed by atoms with Crippen LogP contribution < -0.4 is 15.3 Å². The summed E-state index contributed by atoms with van der Waals surface area (Å²) < 4.78 is 0. The molecule has 256 valence electrons. The first-order valence-corrected chi connectivity index (χ1v) is 19.8. The maximum absolute atomic E-state index is 2.75. The Balaban J connectivity index is 1.10. The summed E-state index contributed by atoms with van der Waals surface area (Å²) in [7, 11) is 0. The molecule has 0 aromatic heterocycles. The van der Waals surface area contributed by atoms with Gasteiger partial charge in [0.25, 0.3) is 0 Å². The second-order valence-corrected chi connectivity index (χ2v) is 15.6. The minimum Gasteiger partial charge on any atom is -0.337 e. The predicted octanol–water partition coefficient (Wildman–Crippen LogP) is 11.0. The lowest BCUT2D eigenvalue weighted by atomic mass is 9.63. The fraction of sp³-hybridized carbons (Fsp3) is 0.192. The summed E-state index contributed by atoms with van der Waals surface area (Å²) in [5, 5.41) is 2.81. The minimum absolute atomic E-state index is 0.254. The highest BCUT2D eigenvalue weighted by molar-refractivity contribution is 5.88. The number of hydrogen-bond acceptors (Lipinski definition) is 1. The Labute approximate surface area is 313 Å². The number of nitrogens with zero attached hydrogens (tertiary/aromatic N) is 1. The van der Waals surface area contributed by atoms with Gasteiger partial charge in [-0.1, -0.05) is 152 Å². The van der Waals surface area contributed by atoms with E-state index >= 15 is 0 Å². The van der Waals surface area contributed by atoms with Gasteiger partial charge in [-0.05, 0) is 117 Å². The lowest BCUT2D eigenvalue weighted by Gasteiger charge is -2.43. The van der Waals surface area contributed by atoms with Crippen molar-refractivity contribution in [2.75, 3.05) is 4.90 Å². The SMILES string of the molecule is C1=CC(C2=c3ccccc3=C(N3c4ccccc4C4C5c6cc(-c7ccccc7)ccc6C(c6ccc7c(c6)C=CCC7)=CC5C=CC43)CC2)=CCC1. The van der Waals surface area contributed by atoms with Gasteiger partial charge in [-0.2, -0.15) is 0 Å². The Bertz CT molecular complexity index is 2590. The summed E-state index contributed by atoms with van der Waals surface area (Å²) in [6.45, 7) is 0. The quantitative estimate of drug-likeness (QED) is 0.171. The van der Waals surface area contributed by atoms with Crippen molar-refractivity contribution in [2.45, 2.75) is 56.4 Å². The molecule has 0 saturated carbocycles. The van der Waals surface area contributed by atoms with Gasteiger partial charge in [0.2, 0.25) is 0 Å². The summed E-state index contributed by atoms with van der Waals surface area (Å²) in [6, 6.07) is 44.3. The molecular weight excluding hydrogens is 639 g/mol. The van der Waals surface area contributed by atoms with Crippen molar-refractivity contribution in [1.29, 1.82) is 0 Å². The smallest absolute Gasteiger partial charge is 0.0595 e. The third-order valence-corrected chi connectivity index (χ3v) is 12.9. The van der Waals surface area contributed by atoms with E-state index in [-0.39, 0.29) is 6.04 Å². The first-order chi connectivity index (χ1) is 26.3. The number of para-hydroxylation sites is 1. The van der Waals surface area contributed by atoms with Crippen LogP contribution in [0.25, 0.3) is 34.0 Å². The Hall–Kier alpha value is -5.66. The lowest BCUT2D eigenvalue weighted by molar-refractivity contribution is 0.436. The Morgan fingerprint density at radius 1 is 0.566 bits per heavy atom. The molecule has 4 unspecified atom stereocenters. The van der Waals surface area contributed by atoms with Gasteiger partial charge >= 0.3 is 0 Å². The monoisotopic (exact) mass is 681 g/mol. The molecule has 6 aliphatic rings. The summed E-state index contributed by atoms with van der Waals surface area (Å²) in [4.78, 5) is 2.75. The molecule has 1 heterocycles. The highest BCUT2D eigenvalue weighted by atomic mass is 15.2. The van der Waals surface area contributed by atoms with Crippen molar-refractivity contribution in [3.05, 3.63) is 207 Å². The normalized spacial score (nSPS) is 23.3. The van der Waals surface area contributed by atoms with Crippen LogP contribution in [0.1, 0.15) is 77.3 Å². The van der Waals surface area contributed by atoms with Crippen LogP contribution in [0.15, 0.2) is 163 Å². The Kier molecular flexibility index (Phi) is 7.29. The molecule has 0 amide bonds. The molecule has 53 heavy (non-hydrogen) atoms. The van der Waals surface area contributed by atoms with E-state index in [1.807, 2.05) is 0 Å². The number of aryl methyl sites for hydroxylation is 1. The van der Waals surface area contributed by atoms with Gasteiger partial charge in [-0.15, -0.1) is 0 Å². The standard InChI is InChI=1S/C52H43N/c1-3-13-34(14-4-1)38-25-27-43-46(39-24-23-35-15-7-8-18-37(35)31-39)33-40-26-29-50-52(51(40)47(43)32-38)45-21-11-12-22-48(45)53(50)49-30-28-41(36-16-5-2-6-17-36)42-19-9-10-20-44(42)49/h1,3-5,8-14,16-27,29,31-33,40,50-52H,2,6-7,15,28,30H2. The van der Waals surface area contributed by atoms with Crippen LogP contribution in [-0.2, 0) is 6.42 Å². The van der Waals surface area contributed by atoms with Gasteiger partial charge in [0.1, 0.15) is 0 Å². The van der Waals surface area contributed by atoms with E-state index < -0.39 is 0 Å². The molecule has 0 radical (unpaired) electrons.